The fourth-order valence-corrected chi connectivity index (χ4v) is 1.43. The molecule has 0 spiro atoms. The van der Waals surface area contributed by atoms with Crippen molar-refractivity contribution in [2.75, 3.05) is 13.6 Å². The molecule has 1 aromatic carbocycles. The number of hydrogen-bond acceptors (Lipinski definition) is 1. The van der Waals surface area contributed by atoms with Crippen molar-refractivity contribution >= 4 is 0 Å². The van der Waals surface area contributed by atoms with Crippen LogP contribution in [0.3, 0.4) is 0 Å². The predicted molar refractivity (Wildman–Crippen MR) is 58.1 cm³/mol. The SMILES string of the molecule is CNCCc1cc(C(C)(C)F)cc(F)c1F. The minimum atomic E-state index is -1.66. The van der Waals surface area contributed by atoms with Crippen molar-refractivity contribution in [3.63, 3.8) is 0 Å². The Bertz CT molecular complexity index is 369. The lowest BCUT2D eigenvalue weighted by Crippen LogP contribution is -2.15. The van der Waals surface area contributed by atoms with E-state index in [0.717, 1.165) is 6.07 Å². The molecule has 0 unspecified atom stereocenters. The molecule has 16 heavy (non-hydrogen) atoms. The van der Waals surface area contributed by atoms with Crippen LogP contribution in [0.4, 0.5) is 13.2 Å². The lowest BCUT2D eigenvalue weighted by atomic mass is 9.96. The summed E-state index contributed by atoms with van der Waals surface area (Å²) in [6, 6.07) is 2.30. The molecule has 1 N–H and O–H groups in total. The molecule has 0 aliphatic rings. The Kier molecular flexibility index (Phi) is 3.97. The van der Waals surface area contributed by atoms with Crippen molar-refractivity contribution in [2.24, 2.45) is 0 Å². The van der Waals surface area contributed by atoms with Crippen molar-refractivity contribution in [3.05, 3.63) is 34.9 Å². The van der Waals surface area contributed by atoms with E-state index in [9.17, 15) is 13.2 Å². The third-order valence-electron chi connectivity index (χ3n) is 2.43. The molecule has 0 saturated heterocycles. The molecular weight excluding hydrogens is 215 g/mol. The summed E-state index contributed by atoms with van der Waals surface area (Å²) < 4.78 is 40.2. The highest BCUT2D eigenvalue weighted by molar-refractivity contribution is 5.30. The van der Waals surface area contributed by atoms with Crippen LogP contribution in [0.25, 0.3) is 0 Å². The van der Waals surface area contributed by atoms with Crippen LogP contribution in [-0.4, -0.2) is 13.6 Å². The molecule has 0 radical (unpaired) electrons. The van der Waals surface area contributed by atoms with Gasteiger partial charge in [-0.2, -0.15) is 0 Å². The average Bonchev–Trinajstić information content (AvgIpc) is 2.18. The maximum absolute atomic E-state index is 13.6. The zero-order chi connectivity index (χ0) is 12.3. The fourth-order valence-electron chi connectivity index (χ4n) is 1.43. The van der Waals surface area contributed by atoms with Gasteiger partial charge < -0.3 is 5.32 Å². The second-order valence-electron chi connectivity index (χ2n) is 4.26. The first-order valence-electron chi connectivity index (χ1n) is 5.18. The molecule has 0 atom stereocenters. The van der Waals surface area contributed by atoms with E-state index in [0.29, 0.717) is 13.0 Å². The summed E-state index contributed by atoms with van der Waals surface area (Å²) >= 11 is 0. The number of halogens is 3. The van der Waals surface area contributed by atoms with E-state index >= 15 is 0 Å². The highest BCUT2D eigenvalue weighted by Gasteiger charge is 2.22. The maximum atomic E-state index is 13.6. The Hall–Kier alpha value is -1.03. The highest BCUT2D eigenvalue weighted by atomic mass is 19.2. The molecule has 0 aliphatic heterocycles. The van der Waals surface area contributed by atoms with Gasteiger partial charge in [0.05, 0.1) is 0 Å². The van der Waals surface area contributed by atoms with E-state index in [2.05, 4.69) is 5.32 Å². The molecular formula is C12H16F3N. The van der Waals surface area contributed by atoms with Crippen LogP contribution < -0.4 is 5.32 Å². The summed E-state index contributed by atoms with van der Waals surface area (Å²) in [5.41, 5.74) is -1.30. The molecule has 0 heterocycles. The van der Waals surface area contributed by atoms with E-state index < -0.39 is 17.3 Å². The van der Waals surface area contributed by atoms with E-state index in [4.69, 9.17) is 0 Å². The standard InChI is InChI=1S/C12H16F3N/c1-12(2,15)9-6-8(4-5-16-3)11(14)10(13)7-9/h6-7,16H,4-5H2,1-3H3. The molecule has 0 saturated carbocycles. The highest BCUT2D eigenvalue weighted by Crippen LogP contribution is 2.27. The number of hydrogen-bond donors (Lipinski definition) is 1. The quantitative estimate of drug-likeness (QED) is 0.840. The molecule has 1 nitrogen and oxygen atoms in total. The van der Waals surface area contributed by atoms with Crippen LogP contribution >= 0.6 is 0 Å². The molecule has 0 aliphatic carbocycles. The number of nitrogens with one attached hydrogen (secondary N) is 1. The summed E-state index contributed by atoms with van der Waals surface area (Å²) in [5.74, 6) is -1.88. The van der Waals surface area contributed by atoms with Gasteiger partial charge in [-0.05, 0) is 57.1 Å². The normalized spacial score (nSPS) is 11.9. The number of likely N-dealkylation sites (N-methyl/N-ethyl adjacent to an activating group) is 1. The second kappa shape index (κ2) is 4.87. The number of rotatable bonds is 4. The van der Waals surface area contributed by atoms with Gasteiger partial charge in [0.1, 0.15) is 5.67 Å². The lowest BCUT2D eigenvalue weighted by molar-refractivity contribution is 0.220. The minimum absolute atomic E-state index is 0.164. The van der Waals surface area contributed by atoms with Gasteiger partial charge in [-0.1, -0.05) is 0 Å². The van der Waals surface area contributed by atoms with Crippen molar-refractivity contribution in [2.45, 2.75) is 25.9 Å². The van der Waals surface area contributed by atoms with Crippen LogP contribution in [0.1, 0.15) is 25.0 Å². The summed E-state index contributed by atoms with van der Waals surface area (Å²) in [4.78, 5) is 0. The van der Waals surface area contributed by atoms with Gasteiger partial charge in [0.2, 0.25) is 0 Å². The summed E-state index contributed by atoms with van der Waals surface area (Å²) in [5, 5.41) is 2.84. The maximum Gasteiger partial charge on any atom is 0.162 e. The fraction of sp³-hybridized carbons (Fsp3) is 0.500. The number of benzene rings is 1. The molecule has 0 bridgehead atoms. The van der Waals surface area contributed by atoms with Gasteiger partial charge in [0.25, 0.3) is 0 Å². The third kappa shape index (κ3) is 2.98. The molecule has 0 aromatic heterocycles. The lowest BCUT2D eigenvalue weighted by Gasteiger charge is -2.16. The van der Waals surface area contributed by atoms with E-state index in [1.54, 1.807) is 7.05 Å². The second-order valence-corrected chi connectivity index (χ2v) is 4.26. The molecule has 1 aromatic rings. The summed E-state index contributed by atoms with van der Waals surface area (Å²) in [7, 11) is 1.72. The van der Waals surface area contributed by atoms with Crippen LogP contribution in [-0.2, 0) is 12.1 Å². The molecule has 0 amide bonds. The monoisotopic (exact) mass is 231 g/mol. The van der Waals surface area contributed by atoms with Crippen LogP contribution in [0, 0.1) is 11.6 Å². The first-order chi connectivity index (χ1) is 7.36. The largest absolute Gasteiger partial charge is 0.319 e. The zero-order valence-electron chi connectivity index (χ0n) is 9.70. The third-order valence-corrected chi connectivity index (χ3v) is 2.43. The molecule has 1 rings (SSSR count). The van der Waals surface area contributed by atoms with Gasteiger partial charge >= 0.3 is 0 Å². The first kappa shape index (κ1) is 13.0. The Morgan fingerprint density at radius 3 is 2.38 bits per heavy atom. The van der Waals surface area contributed by atoms with Crippen LogP contribution in [0.2, 0.25) is 0 Å². The van der Waals surface area contributed by atoms with Crippen LogP contribution in [0.5, 0.6) is 0 Å². The van der Waals surface area contributed by atoms with Crippen LogP contribution in [0.15, 0.2) is 12.1 Å². The Balaban J connectivity index is 3.12. The zero-order valence-corrected chi connectivity index (χ0v) is 9.70. The van der Waals surface area contributed by atoms with Gasteiger partial charge in [0.15, 0.2) is 11.6 Å². The minimum Gasteiger partial charge on any atom is -0.319 e. The Labute approximate surface area is 93.7 Å². The van der Waals surface area contributed by atoms with Gasteiger partial charge in [-0.3, -0.25) is 0 Å². The first-order valence-corrected chi connectivity index (χ1v) is 5.18. The van der Waals surface area contributed by atoms with Crippen molar-refractivity contribution < 1.29 is 13.2 Å². The smallest absolute Gasteiger partial charge is 0.162 e. The van der Waals surface area contributed by atoms with Gasteiger partial charge in [0, 0.05) is 0 Å². The molecule has 4 heteroatoms. The van der Waals surface area contributed by atoms with Gasteiger partial charge in [-0.25, -0.2) is 13.2 Å². The summed E-state index contributed by atoms with van der Waals surface area (Å²) in [6.07, 6.45) is 0.336. The van der Waals surface area contributed by atoms with E-state index in [-0.39, 0.29) is 11.1 Å². The van der Waals surface area contributed by atoms with E-state index in [1.165, 1.54) is 19.9 Å². The average molecular weight is 231 g/mol. The molecule has 90 valence electrons. The summed E-state index contributed by atoms with van der Waals surface area (Å²) in [6.45, 7) is 3.16. The van der Waals surface area contributed by atoms with Crippen molar-refractivity contribution in [3.8, 4) is 0 Å². The Morgan fingerprint density at radius 2 is 1.88 bits per heavy atom. The predicted octanol–water partition coefficient (Wildman–Crippen LogP) is 2.93. The Morgan fingerprint density at radius 1 is 1.25 bits per heavy atom. The van der Waals surface area contributed by atoms with Crippen molar-refractivity contribution in [1.82, 2.24) is 5.32 Å². The van der Waals surface area contributed by atoms with Crippen molar-refractivity contribution in [1.29, 1.82) is 0 Å². The van der Waals surface area contributed by atoms with Gasteiger partial charge in [-0.15, -0.1) is 0 Å². The molecule has 0 fully saturated rings. The number of alkyl halides is 1. The topological polar surface area (TPSA) is 12.0 Å². The van der Waals surface area contributed by atoms with E-state index in [1.807, 2.05) is 0 Å².